The Balaban J connectivity index is 2.23. The molecule has 7 heteroatoms. The molecule has 2 N–H and O–H groups in total. The third-order valence-electron chi connectivity index (χ3n) is 2.45. The van der Waals surface area contributed by atoms with Crippen LogP contribution in [0.2, 0.25) is 0 Å². The van der Waals surface area contributed by atoms with Gasteiger partial charge in [-0.1, -0.05) is 6.07 Å². The van der Waals surface area contributed by atoms with Crippen LogP contribution >= 0.6 is 0 Å². The fourth-order valence-electron chi connectivity index (χ4n) is 1.52. The zero-order valence-corrected chi connectivity index (χ0v) is 11.1. The number of amides is 1. The molecule has 0 spiro atoms. The Morgan fingerprint density at radius 2 is 2.10 bits per heavy atom. The van der Waals surface area contributed by atoms with Crippen molar-refractivity contribution in [3.8, 4) is 5.75 Å². The number of benzene rings is 1. The van der Waals surface area contributed by atoms with E-state index in [1.807, 2.05) is 0 Å². The Bertz CT molecular complexity index is 436. The van der Waals surface area contributed by atoms with E-state index in [4.69, 9.17) is 4.74 Å². The zero-order chi connectivity index (χ0) is 15.0. The Morgan fingerprint density at radius 3 is 2.75 bits per heavy atom. The molecule has 0 aliphatic heterocycles. The van der Waals surface area contributed by atoms with Gasteiger partial charge in [-0.2, -0.15) is 13.2 Å². The number of hydrogen-bond acceptors (Lipinski definition) is 3. The summed E-state index contributed by atoms with van der Waals surface area (Å²) in [5, 5.41) is 5.28. The van der Waals surface area contributed by atoms with Crippen molar-refractivity contribution < 1.29 is 22.7 Å². The molecule has 1 amide bonds. The van der Waals surface area contributed by atoms with Crippen LogP contribution in [-0.4, -0.2) is 32.3 Å². The third kappa shape index (κ3) is 6.98. The van der Waals surface area contributed by atoms with Gasteiger partial charge >= 0.3 is 6.18 Å². The molecule has 1 rings (SSSR count). The van der Waals surface area contributed by atoms with Crippen molar-refractivity contribution in [2.75, 3.05) is 25.5 Å². The number of carbonyl (C=O) groups excluding carboxylic acids is 1. The van der Waals surface area contributed by atoms with Crippen LogP contribution in [-0.2, 0) is 4.79 Å². The predicted octanol–water partition coefficient (Wildman–Crippen LogP) is 2.57. The average molecular weight is 290 g/mol. The molecular weight excluding hydrogens is 273 g/mol. The van der Waals surface area contributed by atoms with Gasteiger partial charge in [0.05, 0.1) is 13.7 Å². The minimum absolute atomic E-state index is 0.0327. The highest BCUT2D eigenvalue weighted by Gasteiger charge is 2.25. The van der Waals surface area contributed by atoms with E-state index in [-0.39, 0.29) is 25.4 Å². The molecule has 0 saturated carbocycles. The lowest BCUT2D eigenvalue weighted by Crippen LogP contribution is -2.29. The highest BCUT2D eigenvalue weighted by Crippen LogP contribution is 2.20. The van der Waals surface area contributed by atoms with Crippen LogP contribution in [0.1, 0.15) is 12.8 Å². The summed E-state index contributed by atoms with van der Waals surface area (Å²) in [5.41, 5.74) is 0.575. The molecule has 0 saturated heterocycles. The number of hydrogen-bond donors (Lipinski definition) is 2. The summed E-state index contributed by atoms with van der Waals surface area (Å²) in [5.74, 6) is 0.297. The fourth-order valence-corrected chi connectivity index (χ4v) is 1.52. The zero-order valence-electron chi connectivity index (χ0n) is 11.1. The van der Waals surface area contributed by atoms with Crippen molar-refractivity contribution in [3.05, 3.63) is 24.3 Å². The lowest BCUT2D eigenvalue weighted by Gasteiger charge is -2.09. The van der Waals surface area contributed by atoms with E-state index in [2.05, 4.69) is 10.6 Å². The average Bonchev–Trinajstić information content (AvgIpc) is 2.37. The second-order valence-corrected chi connectivity index (χ2v) is 4.18. The Labute approximate surface area is 115 Å². The largest absolute Gasteiger partial charge is 0.497 e. The van der Waals surface area contributed by atoms with Gasteiger partial charge in [0.15, 0.2) is 0 Å². The number of carbonyl (C=O) groups is 1. The highest BCUT2D eigenvalue weighted by molar-refractivity contribution is 5.92. The Hall–Kier alpha value is -1.76. The van der Waals surface area contributed by atoms with Crippen LogP contribution in [0.4, 0.5) is 18.9 Å². The van der Waals surface area contributed by atoms with Gasteiger partial charge in [-0.25, -0.2) is 0 Å². The van der Waals surface area contributed by atoms with Crippen LogP contribution in [0.5, 0.6) is 5.75 Å². The van der Waals surface area contributed by atoms with Crippen molar-refractivity contribution in [1.82, 2.24) is 5.32 Å². The number of alkyl halides is 3. The first-order valence-corrected chi connectivity index (χ1v) is 6.12. The molecule has 0 bridgehead atoms. The highest BCUT2D eigenvalue weighted by atomic mass is 19.4. The number of nitrogens with one attached hydrogen (secondary N) is 2. The molecule has 20 heavy (non-hydrogen) atoms. The van der Waals surface area contributed by atoms with E-state index in [0.717, 1.165) is 0 Å². The van der Waals surface area contributed by atoms with Crippen LogP contribution in [0, 0.1) is 0 Å². The smallest absolute Gasteiger partial charge is 0.389 e. The number of rotatable bonds is 7. The fraction of sp³-hybridized carbons (Fsp3) is 0.462. The minimum Gasteiger partial charge on any atom is -0.497 e. The van der Waals surface area contributed by atoms with Gasteiger partial charge in [0.2, 0.25) is 5.91 Å². The van der Waals surface area contributed by atoms with E-state index >= 15 is 0 Å². The van der Waals surface area contributed by atoms with E-state index in [9.17, 15) is 18.0 Å². The molecule has 0 fully saturated rings. The summed E-state index contributed by atoms with van der Waals surface area (Å²) < 4.78 is 40.7. The molecule has 0 aliphatic rings. The van der Waals surface area contributed by atoms with Crippen molar-refractivity contribution in [2.24, 2.45) is 0 Å². The van der Waals surface area contributed by atoms with Crippen molar-refractivity contribution >= 4 is 11.6 Å². The monoisotopic (exact) mass is 290 g/mol. The summed E-state index contributed by atoms with van der Waals surface area (Å²) in [6, 6.07) is 6.82. The van der Waals surface area contributed by atoms with Gasteiger partial charge in [-0.3, -0.25) is 4.79 Å². The Morgan fingerprint density at radius 1 is 1.35 bits per heavy atom. The van der Waals surface area contributed by atoms with Crippen molar-refractivity contribution in [1.29, 1.82) is 0 Å². The minimum atomic E-state index is -4.15. The first-order valence-electron chi connectivity index (χ1n) is 6.12. The SMILES string of the molecule is COc1cccc(NC(=O)CNCCCC(F)(F)F)c1. The second kappa shape index (κ2) is 7.74. The third-order valence-corrected chi connectivity index (χ3v) is 2.45. The summed E-state index contributed by atoms with van der Waals surface area (Å²) in [6.07, 6.45) is -5.04. The molecule has 112 valence electrons. The van der Waals surface area contributed by atoms with Crippen LogP contribution < -0.4 is 15.4 Å². The van der Waals surface area contributed by atoms with E-state index in [1.54, 1.807) is 24.3 Å². The molecular formula is C13H17F3N2O2. The molecule has 0 unspecified atom stereocenters. The number of methoxy groups -OCH3 is 1. The maximum absolute atomic E-state index is 11.9. The van der Waals surface area contributed by atoms with Gasteiger partial charge in [0.25, 0.3) is 0 Å². The van der Waals surface area contributed by atoms with Crippen molar-refractivity contribution in [3.63, 3.8) is 0 Å². The molecule has 1 aromatic rings. The summed E-state index contributed by atoms with van der Waals surface area (Å²) >= 11 is 0. The summed E-state index contributed by atoms with van der Waals surface area (Å²) in [4.78, 5) is 11.5. The first kappa shape index (κ1) is 16.3. The Kier molecular flexibility index (Phi) is 6.30. The first-order chi connectivity index (χ1) is 9.40. The standard InChI is InChI=1S/C13H17F3N2O2/c1-20-11-5-2-4-10(8-11)18-12(19)9-17-7-3-6-13(14,15)16/h2,4-5,8,17H,3,6-7,9H2,1H3,(H,18,19). The van der Waals surface area contributed by atoms with Gasteiger partial charge in [0.1, 0.15) is 5.75 Å². The number of halogens is 3. The van der Waals surface area contributed by atoms with Crippen LogP contribution in [0.25, 0.3) is 0 Å². The molecule has 1 aromatic carbocycles. The summed E-state index contributed by atoms with van der Waals surface area (Å²) in [6.45, 7) is 0.111. The lowest BCUT2D eigenvalue weighted by atomic mass is 10.3. The maximum Gasteiger partial charge on any atom is 0.389 e. The maximum atomic E-state index is 11.9. The normalized spacial score (nSPS) is 11.2. The van der Waals surface area contributed by atoms with E-state index in [1.165, 1.54) is 7.11 Å². The van der Waals surface area contributed by atoms with Crippen LogP contribution in [0.15, 0.2) is 24.3 Å². The van der Waals surface area contributed by atoms with Gasteiger partial charge < -0.3 is 15.4 Å². The van der Waals surface area contributed by atoms with Gasteiger partial charge in [-0.15, -0.1) is 0 Å². The number of ether oxygens (including phenoxy) is 1. The van der Waals surface area contributed by atoms with Crippen molar-refractivity contribution in [2.45, 2.75) is 19.0 Å². The molecule has 0 radical (unpaired) electrons. The van der Waals surface area contributed by atoms with Gasteiger partial charge in [-0.05, 0) is 25.1 Å². The predicted molar refractivity (Wildman–Crippen MR) is 69.8 cm³/mol. The van der Waals surface area contributed by atoms with Crippen LogP contribution in [0.3, 0.4) is 0 Å². The lowest BCUT2D eigenvalue weighted by molar-refractivity contribution is -0.135. The number of anilines is 1. The van der Waals surface area contributed by atoms with Gasteiger partial charge in [0, 0.05) is 18.2 Å². The molecule has 0 aromatic heterocycles. The molecule has 4 nitrogen and oxygen atoms in total. The van der Waals surface area contributed by atoms with E-state index in [0.29, 0.717) is 11.4 Å². The molecule has 0 aliphatic carbocycles. The second-order valence-electron chi connectivity index (χ2n) is 4.18. The molecule has 0 atom stereocenters. The van der Waals surface area contributed by atoms with E-state index < -0.39 is 12.6 Å². The quantitative estimate of drug-likeness (QED) is 0.759. The molecule has 0 heterocycles. The topological polar surface area (TPSA) is 50.4 Å². The summed E-state index contributed by atoms with van der Waals surface area (Å²) in [7, 11) is 1.52.